The van der Waals surface area contributed by atoms with Crippen molar-refractivity contribution in [1.82, 2.24) is 14.7 Å². The molecular weight excluding hydrogens is 372 g/mol. The molecule has 2 atom stereocenters. The Kier molecular flexibility index (Phi) is 5.92. The van der Waals surface area contributed by atoms with Crippen LogP contribution in [0.5, 0.6) is 0 Å². The van der Waals surface area contributed by atoms with E-state index in [2.05, 4.69) is 9.80 Å². The number of hydrogen-bond acceptors (Lipinski definition) is 3. The number of piperazine rings is 1. The first-order valence-corrected chi connectivity index (χ1v) is 10.2. The van der Waals surface area contributed by atoms with E-state index in [4.69, 9.17) is 0 Å². The smallest absolute Gasteiger partial charge is 0.240 e. The Labute approximate surface area is 170 Å². The summed E-state index contributed by atoms with van der Waals surface area (Å²) in [6, 6.07) is 13.2. The molecule has 2 heterocycles. The summed E-state index contributed by atoms with van der Waals surface area (Å²) in [6.07, 6.45) is 1.75. The average molecular weight is 399 g/mol. The summed E-state index contributed by atoms with van der Waals surface area (Å²) in [7, 11) is 2.04. The zero-order chi connectivity index (χ0) is 20.4. The van der Waals surface area contributed by atoms with E-state index < -0.39 is 0 Å². The molecule has 2 aliphatic rings. The van der Waals surface area contributed by atoms with E-state index in [0.717, 1.165) is 31.5 Å². The van der Waals surface area contributed by atoms with E-state index in [-0.39, 0.29) is 29.6 Å². The van der Waals surface area contributed by atoms with Crippen LogP contribution in [0.4, 0.5) is 8.78 Å². The standard InChI is InChI=1S/C23H27F2N3O/c1-26-13-14-28(16-22(26)17-8-10-19(24)11-9-17)23(29)21-7-4-12-27(21)15-18-5-2-3-6-20(18)25/h2-3,5-6,8-11,21-22H,4,7,12-16H2,1H3. The quantitative estimate of drug-likeness (QED) is 0.788. The molecule has 2 aromatic rings. The third kappa shape index (κ3) is 4.33. The average Bonchev–Trinajstić information content (AvgIpc) is 3.18. The molecule has 4 nitrogen and oxygen atoms in total. The van der Waals surface area contributed by atoms with Crippen molar-refractivity contribution >= 4 is 5.91 Å². The summed E-state index contributed by atoms with van der Waals surface area (Å²) in [6.45, 7) is 3.30. The van der Waals surface area contributed by atoms with Crippen molar-refractivity contribution in [1.29, 1.82) is 0 Å². The SMILES string of the molecule is CN1CCN(C(=O)C2CCCN2Cc2ccccc2F)CC1c1ccc(F)cc1. The Balaban J connectivity index is 1.46. The van der Waals surface area contributed by atoms with Crippen molar-refractivity contribution < 1.29 is 13.6 Å². The Morgan fingerprint density at radius 3 is 2.55 bits per heavy atom. The molecule has 2 fully saturated rings. The molecule has 0 radical (unpaired) electrons. The van der Waals surface area contributed by atoms with Crippen molar-refractivity contribution in [2.24, 2.45) is 0 Å². The minimum absolute atomic E-state index is 0.0507. The summed E-state index contributed by atoms with van der Waals surface area (Å²) in [5.41, 5.74) is 1.65. The molecule has 0 aromatic heterocycles. The van der Waals surface area contributed by atoms with Gasteiger partial charge in [0.2, 0.25) is 5.91 Å². The highest BCUT2D eigenvalue weighted by atomic mass is 19.1. The normalized spacial score (nSPS) is 23.5. The highest BCUT2D eigenvalue weighted by molar-refractivity contribution is 5.82. The van der Waals surface area contributed by atoms with Gasteiger partial charge in [0, 0.05) is 31.7 Å². The van der Waals surface area contributed by atoms with Crippen LogP contribution in [0.25, 0.3) is 0 Å². The highest BCUT2D eigenvalue weighted by Crippen LogP contribution is 2.28. The first-order valence-electron chi connectivity index (χ1n) is 10.2. The summed E-state index contributed by atoms with van der Waals surface area (Å²) in [4.78, 5) is 19.6. The summed E-state index contributed by atoms with van der Waals surface area (Å²) in [5, 5.41) is 0. The van der Waals surface area contributed by atoms with Gasteiger partial charge in [0.05, 0.1) is 12.1 Å². The van der Waals surface area contributed by atoms with Crippen LogP contribution in [-0.4, -0.2) is 59.9 Å². The molecule has 0 spiro atoms. The molecule has 0 N–H and O–H groups in total. The Bertz CT molecular complexity index is 857. The molecule has 0 aliphatic carbocycles. The van der Waals surface area contributed by atoms with Gasteiger partial charge in [0.1, 0.15) is 11.6 Å². The van der Waals surface area contributed by atoms with Crippen LogP contribution < -0.4 is 0 Å². The molecule has 2 aromatic carbocycles. The van der Waals surface area contributed by atoms with Gasteiger partial charge in [-0.05, 0) is 50.2 Å². The van der Waals surface area contributed by atoms with Gasteiger partial charge >= 0.3 is 0 Å². The lowest BCUT2D eigenvalue weighted by Gasteiger charge is -2.41. The van der Waals surface area contributed by atoms with E-state index in [1.165, 1.54) is 18.2 Å². The third-order valence-electron chi connectivity index (χ3n) is 6.19. The van der Waals surface area contributed by atoms with Crippen molar-refractivity contribution in [3.63, 3.8) is 0 Å². The number of carbonyl (C=O) groups is 1. The van der Waals surface area contributed by atoms with Crippen molar-refractivity contribution in [3.8, 4) is 0 Å². The monoisotopic (exact) mass is 399 g/mol. The maximum Gasteiger partial charge on any atom is 0.240 e. The van der Waals surface area contributed by atoms with E-state index in [9.17, 15) is 13.6 Å². The van der Waals surface area contributed by atoms with Gasteiger partial charge in [-0.15, -0.1) is 0 Å². The number of likely N-dealkylation sites (tertiary alicyclic amines) is 1. The molecule has 4 rings (SSSR count). The van der Waals surface area contributed by atoms with Gasteiger partial charge in [-0.2, -0.15) is 0 Å². The molecule has 2 aliphatic heterocycles. The zero-order valence-corrected chi connectivity index (χ0v) is 16.7. The molecule has 29 heavy (non-hydrogen) atoms. The van der Waals surface area contributed by atoms with Gasteiger partial charge in [-0.3, -0.25) is 14.6 Å². The fourth-order valence-electron chi connectivity index (χ4n) is 4.47. The molecular formula is C23H27F2N3O. The lowest BCUT2D eigenvalue weighted by Crippen LogP contribution is -2.53. The third-order valence-corrected chi connectivity index (χ3v) is 6.19. The second-order valence-corrected chi connectivity index (χ2v) is 8.05. The number of benzene rings is 2. The Morgan fingerprint density at radius 2 is 1.79 bits per heavy atom. The Hall–Kier alpha value is -2.31. The highest BCUT2D eigenvalue weighted by Gasteiger charge is 2.37. The zero-order valence-electron chi connectivity index (χ0n) is 16.7. The number of halogens is 2. The minimum Gasteiger partial charge on any atom is -0.338 e. The van der Waals surface area contributed by atoms with Crippen LogP contribution in [0.3, 0.4) is 0 Å². The first-order chi connectivity index (χ1) is 14.0. The second kappa shape index (κ2) is 8.59. The van der Waals surface area contributed by atoms with Gasteiger partial charge < -0.3 is 4.90 Å². The lowest BCUT2D eigenvalue weighted by atomic mass is 10.0. The molecule has 2 saturated heterocycles. The fourth-order valence-corrected chi connectivity index (χ4v) is 4.47. The van der Waals surface area contributed by atoms with E-state index in [1.807, 2.05) is 18.0 Å². The summed E-state index contributed by atoms with van der Waals surface area (Å²) >= 11 is 0. The van der Waals surface area contributed by atoms with Gasteiger partial charge in [-0.1, -0.05) is 30.3 Å². The van der Waals surface area contributed by atoms with E-state index >= 15 is 0 Å². The molecule has 0 saturated carbocycles. The predicted octanol–water partition coefficient (Wildman–Crippen LogP) is 3.44. The molecule has 154 valence electrons. The summed E-state index contributed by atoms with van der Waals surface area (Å²) < 4.78 is 27.4. The maximum atomic E-state index is 14.1. The number of rotatable bonds is 4. The van der Waals surface area contributed by atoms with Gasteiger partial charge in [0.25, 0.3) is 0 Å². The van der Waals surface area contributed by atoms with Gasteiger partial charge in [0.15, 0.2) is 0 Å². The number of likely N-dealkylation sites (N-methyl/N-ethyl adjacent to an activating group) is 1. The van der Waals surface area contributed by atoms with Gasteiger partial charge in [-0.25, -0.2) is 8.78 Å². The fraction of sp³-hybridized carbons (Fsp3) is 0.435. The first kappa shape index (κ1) is 20.0. The van der Waals surface area contributed by atoms with Crippen LogP contribution in [0, 0.1) is 11.6 Å². The van der Waals surface area contributed by atoms with Crippen molar-refractivity contribution in [2.75, 3.05) is 33.2 Å². The number of amides is 1. The maximum absolute atomic E-state index is 14.1. The lowest BCUT2D eigenvalue weighted by molar-refractivity contribution is -0.139. The van der Waals surface area contributed by atoms with E-state index in [0.29, 0.717) is 25.2 Å². The number of carbonyl (C=O) groups excluding carboxylic acids is 1. The van der Waals surface area contributed by atoms with Crippen LogP contribution in [0.15, 0.2) is 48.5 Å². The van der Waals surface area contributed by atoms with Crippen LogP contribution >= 0.6 is 0 Å². The van der Waals surface area contributed by atoms with Crippen molar-refractivity contribution in [2.45, 2.75) is 31.5 Å². The molecule has 0 bridgehead atoms. The number of nitrogens with zero attached hydrogens (tertiary/aromatic N) is 3. The van der Waals surface area contributed by atoms with Crippen LogP contribution in [0.2, 0.25) is 0 Å². The second-order valence-electron chi connectivity index (χ2n) is 8.05. The topological polar surface area (TPSA) is 26.8 Å². The Morgan fingerprint density at radius 1 is 1.03 bits per heavy atom. The largest absolute Gasteiger partial charge is 0.338 e. The van der Waals surface area contributed by atoms with Crippen LogP contribution in [0.1, 0.15) is 30.0 Å². The molecule has 2 unspecified atom stereocenters. The predicted molar refractivity (Wildman–Crippen MR) is 108 cm³/mol. The van der Waals surface area contributed by atoms with Crippen molar-refractivity contribution in [3.05, 3.63) is 71.3 Å². The number of hydrogen-bond donors (Lipinski definition) is 0. The van der Waals surface area contributed by atoms with Crippen LogP contribution in [-0.2, 0) is 11.3 Å². The minimum atomic E-state index is -0.255. The molecule has 1 amide bonds. The van der Waals surface area contributed by atoms with E-state index in [1.54, 1.807) is 24.3 Å². The summed E-state index contributed by atoms with van der Waals surface area (Å²) in [5.74, 6) is -0.351. The molecule has 6 heteroatoms.